The Morgan fingerprint density at radius 2 is 2.10 bits per heavy atom. The first kappa shape index (κ1) is 14.5. The lowest BCUT2D eigenvalue weighted by molar-refractivity contribution is 0.0702. The standard InChI is InChI=1S/C12H12N2O4S2/c1-7-4-3-5-13-11(7)14-20(17,18)10-6-9(12(15)16)19-8(10)2/h3-6H,1-2H3,(H,13,14)(H,15,16). The maximum absolute atomic E-state index is 12.3. The van der Waals surface area contributed by atoms with Gasteiger partial charge in [-0.05, 0) is 31.5 Å². The van der Waals surface area contributed by atoms with Crippen LogP contribution < -0.4 is 4.72 Å². The lowest BCUT2D eigenvalue weighted by atomic mass is 10.3. The van der Waals surface area contributed by atoms with Crippen LogP contribution in [0.1, 0.15) is 20.1 Å². The largest absolute Gasteiger partial charge is 0.477 e. The number of aromatic nitrogens is 1. The third kappa shape index (κ3) is 2.81. The Kier molecular flexibility index (Phi) is 3.78. The van der Waals surface area contributed by atoms with E-state index in [0.717, 1.165) is 17.4 Å². The molecule has 20 heavy (non-hydrogen) atoms. The molecule has 8 heteroatoms. The van der Waals surface area contributed by atoms with Crippen LogP contribution in [-0.2, 0) is 10.0 Å². The third-order valence-electron chi connectivity index (χ3n) is 2.61. The van der Waals surface area contributed by atoms with Gasteiger partial charge in [-0.3, -0.25) is 4.72 Å². The second-order valence-corrected chi connectivity index (χ2v) is 7.02. The number of carbonyl (C=O) groups is 1. The molecule has 0 radical (unpaired) electrons. The summed E-state index contributed by atoms with van der Waals surface area (Å²) >= 11 is 0.925. The van der Waals surface area contributed by atoms with Gasteiger partial charge in [-0.2, -0.15) is 0 Å². The number of anilines is 1. The average Bonchev–Trinajstić information content (AvgIpc) is 2.75. The van der Waals surface area contributed by atoms with Crippen LogP contribution in [0.3, 0.4) is 0 Å². The van der Waals surface area contributed by atoms with Gasteiger partial charge in [-0.1, -0.05) is 6.07 Å². The number of hydrogen-bond acceptors (Lipinski definition) is 5. The average molecular weight is 312 g/mol. The Labute approximate surface area is 120 Å². The number of thiophene rings is 1. The van der Waals surface area contributed by atoms with Crippen LogP contribution >= 0.6 is 11.3 Å². The number of sulfonamides is 1. The van der Waals surface area contributed by atoms with Gasteiger partial charge in [0.2, 0.25) is 0 Å². The van der Waals surface area contributed by atoms with Crippen LogP contribution in [-0.4, -0.2) is 24.5 Å². The van der Waals surface area contributed by atoms with E-state index in [1.165, 1.54) is 6.20 Å². The Bertz CT molecular complexity index is 766. The Balaban J connectivity index is 2.41. The summed E-state index contributed by atoms with van der Waals surface area (Å²) in [7, 11) is -3.84. The SMILES string of the molecule is Cc1cccnc1NS(=O)(=O)c1cc(C(=O)O)sc1C. The van der Waals surface area contributed by atoms with Crippen LogP contribution in [0.25, 0.3) is 0 Å². The predicted molar refractivity (Wildman–Crippen MR) is 75.8 cm³/mol. The zero-order valence-electron chi connectivity index (χ0n) is 10.7. The topological polar surface area (TPSA) is 96.4 Å². The minimum Gasteiger partial charge on any atom is -0.477 e. The van der Waals surface area contributed by atoms with Crippen molar-refractivity contribution in [1.29, 1.82) is 0 Å². The predicted octanol–water partition coefficient (Wildman–Crippen LogP) is 2.26. The van der Waals surface area contributed by atoms with Crippen LogP contribution in [0.4, 0.5) is 5.82 Å². The van der Waals surface area contributed by atoms with Gasteiger partial charge in [-0.25, -0.2) is 18.2 Å². The van der Waals surface area contributed by atoms with E-state index in [0.29, 0.717) is 10.4 Å². The molecule has 2 aromatic rings. The molecule has 0 atom stereocenters. The molecule has 2 aromatic heterocycles. The van der Waals surface area contributed by atoms with E-state index in [4.69, 9.17) is 5.11 Å². The minimum absolute atomic E-state index is 0.0133. The number of hydrogen-bond donors (Lipinski definition) is 2. The van der Waals surface area contributed by atoms with Crippen molar-refractivity contribution >= 4 is 33.1 Å². The molecule has 2 N–H and O–H groups in total. The number of nitrogens with zero attached hydrogens (tertiary/aromatic N) is 1. The highest BCUT2D eigenvalue weighted by Gasteiger charge is 2.23. The Morgan fingerprint density at radius 1 is 1.40 bits per heavy atom. The smallest absolute Gasteiger partial charge is 0.345 e. The zero-order valence-corrected chi connectivity index (χ0v) is 12.4. The van der Waals surface area contributed by atoms with Crippen molar-refractivity contribution in [1.82, 2.24) is 4.98 Å². The number of nitrogens with one attached hydrogen (secondary N) is 1. The fraction of sp³-hybridized carbons (Fsp3) is 0.167. The summed E-state index contributed by atoms with van der Waals surface area (Å²) in [4.78, 5) is 15.2. The van der Waals surface area contributed by atoms with Crippen molar-refractivity contribution in [3.63, 3.8) is 0 Å². The normalized spacial score (nSPS) is 11.3. The van der Waals surface area contributed by atoms with E-state index in [-0.39, 0.29) is 15.6 Å². The van der Waals surface area contributed by atoms with Crippen LogP contribution in [0.2, 0.25) is 0 Å². The van der Waals surface area contributed by atoms with E-state index in [1.54, 1.807) is 26.0 Å². The maximum Gasteiger partial charge on any atom is 0.345 e. The summed E-state index contributed by atoms with van der Waals surface area (Å²) in [6.07, 6.45) is 1.48. The summed E-state index contributed by atoms with van der Waals surface area (Å²) < 4.78 is 26.9. The monoisotopic (exact) mass is 312 g/mol. The van der Waals surface area contributed by atoms with Crippen molar-refractivity contribution in [3.8, 4) is 0 Å². The van der Waals surface area contributed by atoms with Gasteiger partial charge in [-0.15, -0.1) is 11.3 Å². The van der Waals surface area contributed by atoms with Crippen molar-refractivity contribution < 1.29 is 18.3 Å². The molecule has 6 nitrogen and oxygen atoms in total. The van der Waals surface area contributed by atoms with E-state index < -0.39 is 16.0 Å². The minimum atomic E-state index is -3.84. The molecule has 0 aliphatic carbocycles. The number of aryl methyl sites for hydroxylation is 2. The van der Waals surface area contributed by atoms with Crippen molar-refractivity contribution in [2.24, 2.45) is 0 Å². The molecule has 0 aliphatic rings. The van der Waals surface area contributed by atoms with Gasteiger partial charge in [0.15, 0.2) is 0 Å². The van der Waals surface area contributed by atoms with Crippen molar-refractivity contribution in [3.05, 3.63) is 39.7 Å². The maximum atomic E-state index is 12.3. The molecular formula is C12H12N2O4S2. The fourth-order valence-corrected chi connectivity index (χ4v) is 4.12. The van der Waals surface area contributed by atoms with Crippen LogP contribution in [0.5, 0.6) is 0 Å². The van der Waals surface area contributed by atoms with Crippen molar-refractivity contribution in [2.45, 2.75) is 18.7 Å². The summed E-state index contributed by atoms with van der Waals surface area (Å²) in [5.41, 5.74) is 0.683. The Morgan fingerprint density at radius 3 is 2.65 bits per heavy atom. The summed E-state index contributed by atoms with van der Waals surface area (Å²) in [6, 6.07) is 4.59. The van der Waals surface area contributed by atoms with Gasteiger partial charge in [0, 0.05) is 11.1 Å². The molecular weight excluding hydrogens is 300 g/mol. The highest BCUT2D eigenvalue weighted by Crippen LogP contribution is 2.27. The van der Waals surface area contributed by atoms with Gasteiger partial charge in [0.05, 0.1) is 0 Å². The highest BCUT2D eigenvalue weighted by molar-refractivity contribution is 7.93. The highest BCUT2D eigenvalue weighted by atomic mass is 32.2. The lowest BCUT2D eigenvalue weighted by Crippen LogP contribution is -2.15. The molecule has 0 fully saturated rings. The number of aromatic carboxylic acids is 1. The summed E-state index contributed by atoms with van der Waals surface area (Å²) in [5, 5.41) is 8.91. The van der Waals surface area contributed by atoms with E-state index in [2.05, 4.69) is 9.71 Å². The summed E-state index contributed by atoms with van der Waals surface area (Å²) in [5.74, 6) is -0.913. The van der Waals surface area contributed by atoms with E-state index >= 15 is 0 Å². The molecule has 0 aromatic carbocycles. The Hall–Kier alpha value is -1.93. The summed E-state index contributed by atoms with van der Waals surface area (Å²) in [6.45, 7) is 3.30. The van der Waals surface area contributed by atoms with Crippen molar-refractivity contribution in [2.75, 3.05) is 4.72 Å². The lowest BCUT2D eigenvalue weighted by Gasteiger charge is -2.08. The van der Waals surface area contributed by atoms with Crippen LogP contribution in [0.15, 0.2) is 29.3 Å². The molecule has 0 saturated carbocycles. The number of carboxylic acids is 1. The zero-order chi connectivity index (χ0) is 14.9. The second kappa shape index (κ2) is 5.22. The van der Waals surface area contributed by atoms with Crippen LogP contribution in [0, 0.1) is 13.8 Å². The molecule has 2 heterocycles. The number of rotatable bonds is 4. The molecule has 106 valence electrons. The van der Waals surface area contributed by atoms with Gasteiger partial charge >= 0.3 is 5.97 Å². The van der Waals surface area contributed by atoms with Gasteiger partial charge in [0.25, 0.3) is 10.0 Å². The molecule has 0 spiro atoms. The molecule has 0 amide bonds. The van der Waals surface area contributed by atoms with Gasteiger partial charge < -0.3 is 5.11 Å². The molecule has 0 saturated heterocycles. The second-order valence-electron chi connectivity index (χ2n) is 4.11. The quantitative estimate of drug-likeness (QED) is 0.902. The fourth-order valence-electron chi connectivity index (χ4n) is 1.61. The van der Waals surface area contributed by atoms with E-state index in [9.17, 15) is 13.2 Å². The molecule has 2 rings (SSSR count). The first-order valence-electron chi connectivity index (χ1n) is 5.59. The molecule has 0 unspecified atom stereocenters. The first-order valence-corrected chi connectivity index (χ1v) is 7.89. The molecule has 0 bridgehead atoms. The third-order valence-corrected chi connectivity index (χ3v) is 5.25. The number of pyridine rings is 1. The first-order chi connectivity index (χ1) is 9.31. The van der Waals surface area contributed by atoms with E-state index in [1.807, 2.05) is 0 Å². The van der Waals surface area contributed by atoms with Gasteiger partial charge in [0.1, 0.15) is 15.6 Å². The number of carboxylic acid groups (broad SMARTS) is 1. The molecule has 0 aliphatic heterocycles.